The Hall–Kier alpha value is -2.92. The van der Waals surface area contributed by atoms with Gasteiger partial charge in [-0.2, -0.15) is 0 Å². The average molecular weight is 655 g/mol. The highest BCUT2D eigenvalue weighted by Gasteiger charge is 2.30. The third kappa shape index (κ3) is 7.46. The fourth-order valence-electron chi connectivity index (χ4n) is 5.87. The summed E-state index contributed by atoms with van der Waals surface area (Å²) in [5.74, 6) is 0. The molecule has 238 valence electrons. The molecule has 0 aromatic heterocycles. The van der Waals surface area contributed by atoms with E-state index in [0.717, 1.165) is 11.1 Å². The minimum Gasteiger partial charge on any atom is -0.377 e. The van der Waals surface area contributed by atoms with Crippen molar-refractivity contribution in [2.45, 2.75) is 32.8 Å². The van der Waals surface area contributed by atoms with Crippen LogP contribution in [0.1, 0.15) is 33.4 Å². The van der Waals surface area contributed by atoms with Gasteiger partial charge in [0.05, 0.1) is 79.3 Å². The molecule has 0 fully saturated rings. The SMILES string of the molecule is c1ccc2c(c1)Sc1ccc3cc1/C2=C1\c2ccccc2Sc2ccc(cc21)COCCOCCOCCOCCOCCOC3. The number of fused-ring (bicyclic) bond motifs is 6. The maximum atomic E-state index is 6.07. The molecule has 0 aliphatic carbocycles. The third-order valence-corrected chi connectivity index (χ3v) is 10.3. The van der Waals surface area contributed by atoms with Gasteiger partial charge in [-0.05, 0) is 80.9 Å². The predicted molar refractivity (Wildman–Crippen MR) is 182 cm³/mol. The maximum Gasteiger partial charge on any atom is 0.0718 e. The van der Waals surface area contributed by atoms with Gasteiger partial charge in [0, 0.05) is 19.6 Å². The molecule has 0 saturated carbocycles. The first kappa shape index (κ1) is 31.7. The Morgan fingerprint density at radius 1 is 0.348 bits per heavy atom. The van der Waals surface area contributed by atoms with Crippen molar-refractivity contribution in [2.24, 2.45) is 0 Å². The molecule has 4 bridgehead atoms. The van der Waals surface area contributed by atoms with Gasteiger partial charge >= 0.3 is 0 Å². The van der Waals surface area contributed by atoms with Crippen molar-refractivity contribution in [3.05, 3.63) is 118 Å². The van der Waals surface area contributed by atoms with Crippen LogP contribution in [0.5, 0.6) is 0 Å². The van der Waals surface area contributed by atoms with E-state index in [1.165, 1.54) is 53.0 Å². The molecule has 0 N–H and O–H groups in total. The second-order valence-corrected chi connectivity index (χ2v) is 13.3. The molecule has 0 spiro atoms. The summed E-state index contributed by atoms with van der Waals surface area (Å²) < 4.78 is 34.8. The van der Waals surface area contributed by atoms with Crippen molar-refractivity contribution in [1.29, 1.82) is 0 Å². The Morgan fingerprint density at radius 3 is 1.11 bits per heavy atom. The highest BCUT2D eigenvalue weighted by atomic mass is 32.2. The molecule has 8 heteroatoms. The second kappa shape index (κ2) is 15.8. The second-order valence-electron chi connectivity index (χ2n) is 11.2. The number of hydrogen-bond acceptors (Lipinski definition) is 8. The zero-order chi connectivity index (χ0) is 31.0. The van der Waals surface area contributed by atoms with Gasteiger partial charge in [0.25, 0.3) is 0 Å². The van der Waals surface area contributed by atoms with Crippen LogP contribution in [0.3, 0.4) is 0 Å². The molecule has 3 aliphatic heterocycles. The van der Waals surface area contributed by atoms with Crippen LogP contribution in [0.4, 0.5) is 0 Å². The number of ether oxygens (including phenoxy) is 6. The molecular formula is C38H38O6S2. The molecule has 3 aliphatic rings. The topological polar surface area (TPSA) is 55.4 Å². The van der Waals surface area contributed by atoms with E-state index in [-0.39, 0.29) is 0 Å². The Labute approximate surface area is 279 Å². The highest BCUT2D eigenvalue weighted by Crippen LogP contribution is 2.54. The Balaban J connectivity index is 1.27. The summed E-state index contributed by atoms with van der Waals surface area (Å²) in [6.45, 7) is 6.33. The number of rotatable bonds is 0. The van der Waals surface area contributed by atoms with Crippen molar-refractivity contribution < 1.29 is 28.4 Å². The summed E-state index contributed by atoms with van der Waals surface area (Å²) in [6, 6.07) is 31.1. The van der Waals surface area contributed by atoms with Crippen LogP contribution in [-0.2, 0) is 41.6 Å². The lowest BCUT2D eigenvalue weighted by Crippen LogP contribution is -2.14. The molecule has 46 heavy (non-hydrogen) atoms. The highest BCUT2D eigenvalue weighted by molar-refractivity contribution is 8.00. The summed E-state index contributed by atoms with van der Waals surface area (Å²) in [4.78, 5) is 5.04. The first-order valence-electron chi connectivity index (χ1n) is 15.9. The van der Waals surface area contributed by atoms with Crippen molar-refractivity contribution in [2.75, 3.05) is 66.1 Å². The molecule has 7 rings (SSSR count). The number of benzene rings is 4. The molecule has 4 aromatic rings. The Bertz CT molecular complexity index is 1560. The summed E-state index contributed by atoms with van der Waals surface area (Å²) in [5, 5.41) is 0. The first-order valence-corrected chi connectivity index (χ1v) is 17.5. The maximum absolute atomic E-state index is 6.07. The van der Waals surface area contributed by atoms with Gasteiger partial charge in [-0.1, -0.05) is 72.1 Å². The van der Waals surface area contributed by atoms with Gasteiger partial charge in [0.15, 0.2) is 0 Å². The van der Waals surface area contributed by atoms with Crippen LogP contribution in [0, 0.1) is 0 Å². The van der Waals surface area contributed by atoms with Gasteiger partial charge in [0.2, 0.25) is 0 Å². The van der Waals surface area contributed by atoms with E-state index >= 15 is 0 Å². The van der Waals surface area contributed by atoms with E-state index in [2.05, 4.69) is 84.9 Å². The summed E-state index contributed by atoms with van der Waals surface area (Å²) in [6.07, 6.45) is 0. The van der Waals surface area contributed by atoms with E-state index in [1.807, 2.05) is 23.5 Å². The molecule has 3 heterocycles. The van der Waals surface area contributed by atoms with E-state index in [4.69, 9.17) is 28.4 Å². The molecule has 0 radical (unpaired) electrons. The zero-order valence-corrected chi connectivity index (χ0v) is 27.5. The monoisotopic (exact) mass is 654 g/mol. The molecule has 0 atom stereocenters. The van der Waals surface area contributed by atoms with Gasteiger partial charge in [-0.25, -0.2) is 0 Å². The molecule has 0 saturated heterocycles. The van der Waals surface area contributed by atoms with Crippen LogP contribution >= 0.6 is 23.5 Å². The quantitative estimate of drug-likeness (QED) is 0.165. The van der Waals surface area contributed by atoms with E-state index in [0.29, 0.717) is 79.3 Å². The fraction of sp³-hybridized carbons (Fsp3) is 0.316. The fourth-order valence-corrected chi connectivity index (χ4v) is 8.01. The first-order chi connectivity index (χ1) is 22.8. The standard InChI is InChI=1S/C38H38O6S2/c1-3-7-33-29(5-1)37-31-23-27(9-11-35(31)45-33)25-43-21-19-41-17-15-39-13-14-40-16-18-42-20-22-44-26-28-10-12-36-32(24-28)38(37)30-6-2-4-8-34(30)46-36/h1-12,23-24H,13-22,25-26H2/b38-37+. The van der Waals surface area contributed by atoms with Crippen LogP contribution in [0.25, 0.3) is 11.1 Å². The van der Waals surface area contributed by atoms with Crippen molar-refractivity contribution >= 4 is 34.7 Å². The summed E-state index contributed by atoms with van der Waals surface area (Å²) >= 11 is 3.68. The van der Waals surface area contributed by atoms with Gasteiger partial charge < -0.3 is 28.4 Å². The van der Waals surface area contributed by atoms with Crippen LogP contribution < -0.4 is 0 Å². The largest absolute Gasteiger partial charge is 0.377 e. The average Bonchev–Trinajstić information content (AvgIpc) is 3.09. The Kier molecular flexibility index (Phi) is 10.9. The normalized spacial score (nSPS) is 19.9. The van der Waals surface area contributed by atoms with Crippen molar-refractivity contribution in [3.8, 4) is 0 Å². The number of hydrogen-bond donors (Lipinski definition) is 0. The van der Waals surface area contributed by atoms with Gasteiger partial charge in [0.1, 0.15) is 0 Å². The smallest absolute Gasteiger partial charge is 0.0718 e. The predicted octanol–water partition coefficient (Wildman–Crippen LogP) is 7.74. The van der Waals surface area contributed by atoms with Gasteiger partial charge in [-0.3, -0.25) is 0 Å². The zero-order valence-electron chi connectivity index (χ0n) is 25.8. The minimum absolute atomic E-state index is 0.521. The van der Waals surface area contributed by atoms with Gasteiger partial charge in [-0.15, -0.1) is 0 Å². The van der Waals surface area contributed by atoms with Crippen LogP contribution in [-0.4, -0.2) is 66.1 Å². The van der Waals surface area contributed by atoms with E-state index in [1.54, 1.807) is 0 Å². The molecule has 0 unspecified atom stereocenters. The van der Waals surface area contributed by atoms with E-state index < -0.39 is 0 Å². The van der Waals surface area contributed by atoms with Crippen molar-refractivity contribution in [1.82, 2.24) is 0 Å². The van der Waals surface area contributed by atoms with Crippen molar-refractivity contribution in [3.63, 3.8) is 0 Å². The lowest BCUT2D eigenvalue weighted by Gasteiger charge is -2.30. The molecule has 0 amide bonds. The summed E-state index contributed by atoms with van der Waals surface area (Å²) in [7, 11) is 0. The minimum atomic E-state index is 0.521. The van der Waals surface area contributed by atoms with Crippen LogP contribution in [0.15, 0.2) is 105 Å². The molecular weight excluding hydrogens is 617 g/mol. The third-order valence-electron chi connectivity index (χ3n) is 8.03. The lowest BCUT2D eigenvalue weighted by molar-refractivity contribution is -0.0185. The molecule has 6 nitrogen and oxygen atoms in total. The van der Waals surface area contributed by atoms with E-state index in [9.17, 15) is 0 Å². The Morgan fingerprint density at radius 2 is 0.696 bits per heavy atom. The lowest BCUT2D eigenvalue weighted by atomic mass is 9.84. The molecule has 4 aromatic carbocycles. The summed E-state index contributed by atoms with van der Waals surface area (Å²) in [5.41, 5.74) is 9.81. The van der Waals surface area contributed by atoms with Crippen LogP contribution in [0.2, 0.25) is 0 Å².